The summed E-state index contributed by atoms with van der Waals surface area (Å²) in [6, 6.07) is 0.972. The molecule has 0 bridgehead atoms. The minimum atomic E-state index is -3.64. The minimum absolute atomic E-state index is 0.108. The van der Waals surface area contributed by atoms with Crippen molar-refractivity contribution < 1.29 is 13.2 Å². The summed E-state index contributed by atoms with van der Waals surface area (Å²) in [6.45, 7) is 3.00. The number of aromatic nitrogens is 1. The maximum Gasteiger partial charge on any atom is 0.314 e. The fourth-order valence-corrected chi connectivity index (χ4v) is 3.78. The van der Waals surface area contributed by atoms with Crippen LogP contribution < -0.4 is 5.73 Å². The average molecular weight is 333 g/mol. The molecular formula is C12H17ClN4O3S. The van der Waals surface area contributed by atoms with Gasteiger partial charge in [0.05, 0.1) is 0 Å². The van der Waals surface area contributed by atoms with Gasteiger partial charge in [0.1, 0.15) is 10.0 Å². The van der Waals surface area contributed by atoms with Crippen LogP contribution in [0.4, 0.5) is 4.79 Å². The van der Waals surface area contributed by atoms with E-state index in [1.165, 1.54) is 21.5 Å². The van der Waals surface area contributed by atoms with Crippen molar-refractivity contribution in [2.75, 3.05) is 26.2 Å². The highest BCUT2D eigenvalue weighted by Gasteiger charge is 2.28. The molecule has 0 radical (unpaired) electrons. The van der Waals surface area contributed by atoms with Crippen LogP contribution in [-0.4, -0.2) is 54.8 Å². The number of pyridine rings is 1. The van der Waals surface area contributed by atoms with Crippen LogP contribution in [0, 0.1) is 6.92 Å². The van der Waals surface area contributed by atoms with Gasteiger partial charge in [0.2, 0.25) is 10.0 Å². The molecule has 0 aromatic carbocycles. The molecule has 2 N–H and O–H groups in total. The van der Waals surface area contributed by atoms with Gasteiger partial charge < -0.3 is 10.6 Å². The Balaban J connectivity index is 2.23. The molecule has 9 heteroatoms. The molecule has 1 aromatic rings. The van der Waals surface area contributed by atoms with Crippen molar-refractivity contribution in [1.29, 1.82) is 0 Å². The number of carbonyl (C=O) groups is 1. The molecule has 1 saturated heterocycles. The van der Waals surface area contributed by atoms with Gasteiger partial charge in [0, 0.05) is 32.4 Å². The van der Waals surface area contributed by atoms with E-state index in [0.717, 1.165) is 0 Å². The Morgan fingerprint density at radius 2 is 2.05 bits per heavy atom. The van der Waals surface area contributed by atoms with Gasteiger partial charge >= 0.3 is 6.03 Å². The highest BCUT2D eigenvalue weighted by molar-refractivity contribution is 7.89. The molecule has 0 saturated carbocycles. The second-order valence-corrected chi connectivity index (χ2v) is 7.16. The molecule has 0 spiro atoms. The summed E-state index contributed by atoms with van der Waals surface area (Å²) >= 11 is 5.82. The molecular weight excluding hydrogens is 316 g/mol. The van der Waals surface area contributed by atoms with Gasteiger partial charge in [-0.2, -0.15) is 4.31 Å². The summed E-state index contributed by atoms with van der Waals surface area (Å²) in [7, 11) is -3.64. The number of rotatable bonds is 2. The van der Waals surface area contributed by atoms with Crippen LogP contribution >= 0.6 is 11.6 Å². The van der Waals surface area contributed by atoms with Crippen molar-refractivity contribution in [3.05, 3.63) is 23.0 Å². The van der Waals surface area contributed by atoms with Crippen LogP contribution in [0.1, 0.15) is 12.0 Å². The van der Waals surface area contributed by atoms with Gasteiger partial charge in [0.25, 0.3) is 0 Å². The molecule has 2 heterocycles. The topological polar surface area (TPSA) is 96.6 Å². The number of urea groups is 1. The number of aryl methyl sites for hydroxylation is 1. The largest absolute Gasteiger partial charge is 0.351 e. The van der Waals surface area contributed by atoms with Gasteiger partial charge in [-0.1, -0.05) is 11.6 Å². The maximum atomic E-state index is 12.6. The molecule has 1 aliphatic rings. The van der Waals surface area contributed by atoms with E-state index in [0.29, 0.717) is 25.1 Å². The van der Waals surface area contributed by atoms with Crippen LogP contribution in [0.2, 0.25) is 5.15 Å². The molecule has 1 fully saturated rings. The fraction of sp³-hybridized carbons (Fsp3) is 0.500. The molecule has 0 atom stereocenters. The van der Waals surface area contributed by atoms with Crippen LogP contribution in [0.15, 0.2) is 17.2 Å². The lowest BCUT2D eigenvalue weighted by Gasteiger charge is -2.20. The van der Waals surface area contributed by atoms with Crippen molar-refractivity contribution in [2.45, 2.75) is 18.2 Å². The van der Waals surface area contributed by atoms with Crippen molar-refractivity contribution in [2.24, 2.45) is 5.73 Å². The second-order valence-electron chi connectivity index (χ2n) is 4.86. The first kappa shape index (κ1) is 16.0. The first-order valence-electron chi connectivity index (χ1n) is 6.49. The summed E-state index contributed by atoms with van der Waals surface area (Å²) in [6.07, 6.45) is 1.80. The molecule has 116 valence electrons. The predicted octanol–water partition coefficient (Wildman–Crippen LogP) is 0.819. The zero-order valence-electron chi connectivity index (χ0n) is 11.6. The average Bonchev–Trinajstić information content (AvgIpc) is 2.68. The highest BCUT2D eigenvalue weighted by atomic mass is 35.5. The van der Waals surface area contributed by atoms with Crippen LogP contribution in [-0.2, 0) is 10.0 Å². The minimum Gasteiger partial charge on any atom is -0.351 e. The highest BCUT2D eigenvalue weighted by Crippen LogP contribution is 2.21. The first-order chi connectivity index (χ1) is 9.82. The lowest BCUT2D eigenvalue weighted by atomic mass is 10.3. The van der Waals surface area contributed by atoms with Crippen LogP contribution in [0.5, 0.6) is 0 Å². The Labute approximate surface area is 128 Å². The van der Waals surface area contributed by atoms with E-state index in [1.807, 2.05) is 0 Å². The number of primary amides is 1. The van der Waals surface area contributed by atoms with Crippen molar-refractivity contribution >= 4 is 27.7 Å². The quantitative estimate of drug-likeness (QED) is 0.811. The fourth-order valence-electron chi connectivity index (χ4n) is 2.18. The van der Waals surface area contributed by atoms with Crippen molar-refractivity contribution in [3.63, 3.8) is 0 Å². The van der Waals surface area contributed by atoms with E-state index < -0.39 is 16.1 Å². The number of carbonyl (C=O) groups excluding carboxylic acids is 1. The predicted molar refractivity (Wildman–Crippen MR) is 78.5 cm³/mol. The number of hydrogen-bond donors (Lipinski definition) is 1. The second kappa shape index (κ2) is 6.17. The van der Waals surface area contributed by atoms with E-state index in [-0.39, 0.29) is 23.1 Å². The lowest BCUT2D eigenvalue weighted by molar-refractivity contribution is 0.210. The zero-order valence-corrected chi connectivity index (χ0v) is 13.2. The SMILES string of the molecule is Cc1cc(S(=O)(=O)N2CCCN(C(N)=O)CC2)cnc1Cl. The molecule has 21 heavy (non-hydrogen) atoms. The van der Waals surface area contributed by atoms with Crippen LogP contribution in [0.3, 0.4) is 0 Å². The molecule has 1 aliphatic heterocycles. The van der Waals surface area contributed by atoms with Gasteiger partial charge in [-0.25, -0.2) is 18.2 Å². The van der Waals surface area contributed by atoms with Gasteiger partial charge in [-0.3, -0.25) is 0 Å². The Kier molecular flexibility index (Phi) is 4.70. The van der Waals surface area contributed by atoms with E-state index in [9.17, 15) is 13.2 Å². The molecule has 0 aliphatic carbocycles. The Morgan fingerprint density at radius 3 is 2.67 bits per heavy atom. The van der Waals surface area contributed by atoms with Gasteiger partial charge in [-0.05, 0) is 25.0 Å². The number of nitrogens with zero attached hydrogens (tertiary/aromatic N) is 3. The molecule has 7 nitrogen and oxygen atoms in total. The number of halogens is 1. The Hall–Kier alpha value is -1.38. The molecule has 2 amide bonds. The summed E-state index contributed by atoms with van der Waals surface area (Å²) in [4.78, 5) is 16.6. The zero-order chi connectivity index (χ0) is 15.6. The smallest absolute Gasteiger partial charge is 0.314 e. The van der Waals surface area contributed by atoms with Gasteiger partial charge in [0.15, 0.2) is 0 Å². The van der Waals surface area contributed by atoms with E-state index >= 15 is 0 Å². The van der Waals surface area contributed by atoms with Crippen molar-refractivity contribution in [3.8, 4) is 0 Å². The third kappa shape index (κ3) is 3.45. The summed E-state index contributed by atoms with van der Waals surface area (Å²) in [5.41, 5.74) is 5.84. The van der Waals surface area contributed by atoms with E-state index in [1.54, 1.807) is 6.92 Å². The number of sulfonamides is 1. The molecule has 2 rings (SSSR count). The summed E-state index contributed by atoms with van der Waals surface area (Å²) < 4.78 is 26.5. The van der Waals surface area contributed by atoms with E-state index in [2.05, 4.69) is 4.98 Å². The monoisotopic (exact) mass is 332 g/mol. The maximum absolute atomic E-state index is 12.6. The lowest BCUT2D eigenvalue weighted by Crippen LogP contribution is -2.39. The van der Waals surface area contributed by atoms with Crippen molar-refractivity contribution in [1.82, 2.24) is 14.2 Å². The molecule has 0 unspecified atom stereocenters. The molecule has 1 aromatic heterocycles. The Morgan fingerprint density at radius 1 is 1.33 bits per heavy atom. The first-order valence-corrected chi connectivity index (χ1v) is 8.31. The Bertz CT molecular complexity index is 650. The normalized spacial score (nSPS) is 17.5. The standard InChI is InChI=1S/C12H17ClN4O3S/c1-9-7-10(8-15-11(9)13)21(19,20)17-4-2-3-16(5-6-17)12(14)18/h7-8H,2-6H2,1H3,(H2,14,18). The number of hydrogen-bond acceptors (Lipinski definition) is 4. The van der Waals surface area contributed by atoms with Crippen LogP contribution in [0.25, 0.3) is 0 Å². The third-order valence-electron chi connectivity index (χ3n) is 3.39. The summed E-state index contributed by atoms with van der Waals surface area (Å²) in [5.74, 6) is 0. The van der Waals surface area contributed by atoms with E-state index in [4.69, 9.17) is 17.3 Å². The summed E-state index contributed by atoms with van der Waals surface area (Å²) in [5, 5.41) is 0.282. The van der Waals surface area contributed by atoms with Gasteiger partial charge in [-0.15, -0.1) is 0 Å². The third-order valence-corrected chi connectivity index (χ3v) is 5.65. The number of amides is 2. The number of nitrogens with two attached hydrogens (primary N) is 1.